The lowest BCUT2D eigenvalue weighted by atomic mass is 10.0. The Hall–Kier alpha value is -2.40. The van der Waals surface area contributed by atoms with E-state index in [1.165, 1.54) is 0 Å². The van der Waals surface area contributed by atoms with Gasteiger partial charge in [-0.1, -0.05) is 62.4 Å². The summed E-state index contributed by atoms with van der Waals surface area (Å²) in [5, 5.41) is 5.37. The molecule has 30 heavy (non-hydrogen) atoms. The van der Waals surface area contributed by atoms with Gasteiger partial charge in [-0.05, 0) is 29.2 Å². The molecule has 6 nitrogen and oxygen atoms in total. The molecule has 3 rings (SSSR count). The molecule has 0 aliphatic rings. The number of aromatic nitrogens is 1. The van der Waals surface area contributed by atoms with E-state index < -0.39 is 7.60 Å². The summed E-state index contributed by atoms with van der Waals surface area (Å²) in [5.74, 6) is 0.758. The van der Waals surface area contributed by atoms with Gasteiger partial charge in [0.15, 0.2) is 0 Å². The molecule has 160 valence electrons. The lowest BCUT2D eigenvalue weighted by Gasteiger charge is -2.16. The summed E-state index contributed by atoms with van der Waals surface area (Å²) in [6, 6.07) is 14.3. The molecule has 1 N–H and O–H groups in total. The van der Waals surface area contributed by atoms with Gasteiger partial charge in [0.05, 0.1) is 19.6 Å². The van der Waals surface area contributed by atoms with Crippen LogP contribution in [0, 0.1) is 0 Å². The normalized spacial score (nSPS) is 11.7. The highest BCUT2D eigenvalue weighted by Crippen LogP contribution is 2.49. The van der Waals surface area contributed by atoms with E-state index in [0.717, 1.165) is 29.2 Å². The monoisotopic (exact) mass is 428 g/mol. The first kappa shape index (κ1) is 22.3. The van der Waals surface area contributed by atoms with Crippen LogP contribution < -0.4 is 10.8 Å². The number of hydrogen-bond acceptors (Lipinski definition) is 6. The molecule has 1 heterocycles. The number of rotatable bonds is 12. The van der Waals surface area contributed by atoms with Crippen molar-refractivity contribution in [1.82, 2.24) is 4.98 Å². The molecule has 0 atom stereocenters. The van der Waals surface area contributed by atoms with Crippen molar-refractivity contribution >= 4 is 29.7 Å². The SMILES string of the molecule is C=CCNc1oc(Cc2cccc3ccccc23)nc1P(=O)(OCCC)OCCC. The van der Waals surface area contributed by atoms with Crippen LogP contribution in [0.3, 0.4) is 0 Å². The van der Waals surface area contributed by atoms with Crippen molar-refractivity contribution < 1.29 is 18.0 Å². The molecule has 1 aromatic heterocycles. The summed E-state index contributed by atoms with van der Waals surface area (Å²) in [6.45, 7) is 8.70. The first-order valence-corrected chi connectivity index (χ1v) is 11.9. The minimum absolute atomic E-state index is 0.196. The van der Waals surface area contributed by atoms with Crippen LogP contribution in [0.2, 0.25) is 0 Å². The van der Waals surface area contributed by atoms with Gasteiger partial charge in [-0.3, -0.25) is 4.57 Å². The van der Waals surface area contributed by atoms with Crippen LogP contribution in [0.1, 0.15) is 38.1 Å². The highest BCUT2D eigenvalue weighted by Gasteiger charge is 2.36. The van der Waals surface area contributed by atoms with E-state index in [9.17, 15) is 4.57 Å². The third-order valence-corrected chi connectivity index (χ3v) is 6.34. The van der Waals surface area contributed by atoms with Crippen LogP contribution in [0.5, 0.6) is 0 Å². The van der Waals surface area contributed by atoms with Gasteiger partial charge in [0.2, 0.25) is 17.2 Å². The van der Waals surface area contributed by atoms with Crippen LogP contribution in [0.4, 0.5) is 5.88 Å². The van der Waals surface area contributed by atoms with Gasteiger partial charge in [-0.15, -0.1) is 6.58 Å². The molecule has 0 fully saturated rings. The van der Waals surface area contributed by atoms with Crippen molar-refractivity contribution in [2.24, 2.45) is 0 Å². The van der Waals surface area contributed by atoms with Gasteiger partial charge < -0.3 is 18.8 Å². The van der Waals surface area contributed by atoms with E-state index in [-0.39, 0.29) is 5.44 Å². The summed E-state index contributed by atoms with van der Waals surface area (Å²) >= 11 is 0. The van der Waals surface area contributed by atoms with E-state index >= 15 is 0 Å². The molecule has 0 radical (unpaired) electrons. The Balaban J connectivity index is 1.99. The number of nitrogens with zero attached hydrogens (tertiary/aromatic N) is 1. The Labute approximate surface area is 177 Å². The number of hydrogen-bond donors (Lipinski definition) is 1. The van der Waals surface area contributed by atoms with E-state index in [1.54, 1.807) is 6.08 Å². The molecule has 2 aromatic carbocycles. The maximum Gasteiger partial charge on any atom is 0.385 e. The Kier molecular flexibility index (Phi) is 7.86. The molecule has 0 saturated heterocycles. The lowest BCUT2D eigenvalue weighted by molar-refractivity contribution is 0.213. The maximum absolute atomic E-state index is 13.6. The van der Waals surface area contributed by atoms with Gasteiger partial charge in [0.1, 0.15) is 0 Å². The van der Waals surface area contributed by atoms with Crippen molar-refractivity contribution in [3.05, 3.63) is 66.6 Å². The first-order valence-electron chi connectivity index (χ1n) is 10.3. The zero-order valence-electron chi connectivity index (χ0n) is 17.6. The predicted octanol–water partition coefficient (Wildman–Crippen LogP) is 5.69. The summed E-state index contributed by atoms with van der Waals surface area (Å²) in [7, 11) is -3.62. The van der Waals surface area contributed by atoms with E-state index in [1.807, 2.05) is 38.1 Å². The molecule has 0 unspecified atom stereocenters. The van der Waals surface area contributed by atoms with Crippen LogP contribution in [-0.2, 0) is 20.0 Å². The highest BCUT2D eigenvalue weighted by atomic mass is 31.2. The van der Waals surface area contributed by atoms with Crippen molar-refractivity contribution in [3.8, 4) is 0 Å². The Morgan fingerprint density at radius 3 is 2.50 bits per heavy atom. The number of nitrogens with one attached hydrogen (secondary N) is 1. The van der Waals surface area contributed by atoms with Crippen molar-refractivity contribution in [1.29, 1.82) is 0 Å². The van der Waals surface area contributed by atoms with Gasteiger partial charge in [0.25, 0.3) is 0 Å². The number of anilines is 1. The smallest absolute Gasteiger partial charge is 0.385 e. The summed E-state index contributed by atoms with van der Waals surface area (Å²) in [4.78, 5) is 4.57. The molecular weight excluding hydrogens is 399 g/mol. The third-order valence-electron chi connectivity index (χ3n) is 4.47. The second-order valence-electron chi connectivity index (χ2n) is 6.91. The molecule has 0 saturated carbocycles. The highest BCUT2D eigenvalue weighted by molar-refractivity contribution is 7.62. The topological polar surface area (TPSA) is 73.6 Å². The summed E-state index contributed by atoms with van der Waals surface area (Å²) in [6.07, 6.45) is 3.60. The summed E-state index contributed by atoms with van der Waals surface area (Å²) < 4.78 is 30.9. The largest absolute Gasteiger partial charge is 0.424 e. The fourth-order valence-electron chi connectivity index (χ4n) is 3.09. The standard InChI is InChI=1S/C23H29N2O4P/c1-4-14-24-22-23(30(26,27-15-5-2)28-16-6-3)25-21(29-22)17-19-12-9-11-18-10-7-8-13-20(18)19/h4,7-13,24H,1,5-6,14-17H2,2-3H3. The molecule has 0 aliphatic carbocycles. The molecule has 3 aromatic rings. The number of oxazole rings is 1. The molecule has 0 aliphatic heterocycles. The van der Waals surface area contributed by atoms with Gasteiger partial charge in [0, 0.05) is 6.54 Å². The summed E-state index contributed by atoms with van der Waals surface area (Å²) in [5.41, 5.74) is 1.27. The van der Waals surface area contributed by atoms with Crippen LogP contribution in [-0.4, -0.2) is 24.7 Å². The van der Waals surface area contributed by atoms with Crippen molar-refractivity contribution in [3.63, 3.8) is 0 Å². The fourth-order valence-corrected chi connectivity index (χ4v) is 4.86. The molecule has 0 amide bonds. The number of benzene rings is 2. The predicted molar refractivity (Wildman–Crippen MR) is 122 cm³/mol. The Bertz CT molecular complexity index is 1010. The zero-order valence-corrected chi connectivity index (χ0v) is 18.5. The Morgan fingerprint density at radius 2 is 1.80 bits per heavy atom. The first-order chi connectivity index (χ1) is 14.6. The van der Waals surface area contributed by atoms with Crippen LogP contribution in [0.25, 0.3) is 10.8 Å². The quantitative estimate of drug-likeness (QED) is 0.295. The van der Waals surface area contributed by atoms with Crippen LogP contribution >= 0.6 is 7.60 Å². The Morgan fingerprint density at radius 1 is 1.10 bits per heavy atom. The van der Waals surface area contributed by atoms with Crippen molar-refractivity contribution in [2.75, 3.05) is 25.1 Å². The minimum Gasteiger partial charge on any atom is -0.424 e. The second kappa shape index (κ2) is 10.6. The van der Waals surface area contributed by atoms with Crippen molar-refractivity contribution in [2.45, 2.75) is 33.1 Å². The van der Waals surface area contributed by atoms with E-state index in [2.05, 4.69) is 35.1 Å². The average Bonchev–Trinajstić information content (AvgIpc) is 3.18. The van der Waals surface area contributed by atoms with E-state index in [0.29, 0.717) is 38.0 Å². The fraction of sp³-hybridized carbons (Fsp3) is 0.348. The second-order valence-corrected chi connectivity index (χ2v) is 8.84. The molecular formula is C23H29N2O4P. The van der Waals surface area contributed by atoms with Gasteiger partial charge >= 0.3 is 7.60 Å². The zero-order chi connectivity index (χ0) is 21.4. The molecule has 0 bridgehead atoms. The van der Waals surface area contributed by atoms with Gasteiger partial charge in [-0.25, -0.2) is 4.98 Å². The van der Waals surface area contributed by atoms with Crippen LogP contribution in [0.15, 0.2) is 59.5 Å². The maximum atomic E-state index is 13.6. The molecule has 0 spiro atoms. The van der Waals surface area contributed by atoms with Gasteiger partial charge in [-0.2, -0.15) is 0 Å². The lowest BCUT2D eigenvalue weighted by Crippen LogP contribution is -2.17. The minimum atomic E-state index is -3.62. The third kappa shape index (κ3) is 5.20. The van der Waals surface area contributed by atoms with E-state index in [4.69, 9.17) is 13.5 Å². The molecule has 7 heteroatoms. The average molecular weight is 428 g/mol. The number of fused-ring (bicyclic) bond motifs is 1.